The largest absolute Gasteiger partial charge is 0.381 e. The number of benzene rings is 2. The Morgan fingerprint density at radius 2 is 1.77 bits per heavy atom. The molecular formula is C27H33N7O5. The van der Waals surface area contributed by atoms with E-state index in [4.69, 9.17) is 0 Å². The minimum absolute atomic E-state index is 0.0427. The standard InChI is InChI=1S/C27H33N7O5/c1-19-31-23(34(38)39)18-33(19)16-9-24(35)32-27(10-12-28-13-11-27)26(37)30-15-14-29-25(36)17-21-7-4-6-20-5-2-3-8-22(20)21/h2-8,18,28H,9-17H2,1H3,(H,29,36)(H,30,37)(H,32,35). The van der Waals surface area contributed by atoms with Crippen LogP contribution in [0.2, 0.25) is 0 Å². The van der Waals surface area contributed by atoms with Crippen LogP contribution < -0.4 is 21.3 Å². The molecule has 1 aliphatic heterocycles. The van der Waals surface area contributed by atoms with E-state index in [1.807, 2.05) is 42.5 Å². The minimum Gasteiger partial charge on any atom is -0.358 e. The molecule has 4 N–H and O–H groups in total. The summed E-state index contributed by atoms with van der Waals surface area (Å²) in [5.41, 5.74) is -0.128. The maximum Gasteiger partial charge on any atom is 0.381 e. The number of hydrogen-bond acceptors (Lipinski definition) is 7. The van der Waals surface area contributed by atoms with E-state index in [9.17, 15) is 24.5 Å². The third kappa shape index (κ3) is 6.96. The lowest BCUT2D eigenvalue weighted by Gasteiger charge is -2.37. The normalized spacial score (nSPS) is 14.5. The fourth-order valence-electron chi connectivity index (χ4n) is 4.85. The molecule has 0 atom stereocenters. The molecule has 4 rings (SSSR count). The number of nitrogens with zero attached hydrogens (tertiary/aromatic N) is 3. The van der Waals surface area contributed by atoms with Gasteiger partial charge in [0.25, 0.3) is 0 Å². The Kier molecular flexibility index (Phi) is 8.87. The van der Waals surface area contributed by atoms with Gasteiger partial charge in [-0.3, -0.25) is 14.4 Å². The molecule has 1 aromatic heterocycles. The number of nitro groups is 1. The zero-order chi connectivity index (χ0) is 27.8. The van der Waals surface area contributed by atoms with Crippen LogP contribution in [-0.2, 0) is 27.3 Å². The quantitative estimate of drug-likeness (QED) is 0.164. The monoisotopic (exact) mass is 535 g/mol. The summed E-state index contributed by atoms with van der Waals surface area (Å²) >= 11 is 0. The Balaban J connectivity index is 1.26. The van der Waals surface area contributed by atoms with Crippen molar-refractivity contribution in [2.24, 2.45) is 0 Å². The molecule has 0 saturated carbocycles. The maximum absolute atomic E-state index is 13.2. The van der Waals surface area contributed by atoms with Crippen LogP contribution in [0.25, 0.3) is 10.8 Å². The summed E-state index contributed by atoms with van der Waals surface area (Å²) in [5, 5.41) is 24.9. The van der Waals surface area contributed by atoms with Crippen molar-refractivity contribution in [2.45, 2.75) is 44.7 Å². The SMILES string of the molecule is Cc1nc([N+](=O)[O-])cn1CCC(=O)NC1(C(=O)NCCNC(=O)Cc2cccc3ccccc23)CCNCC1. The van der Waals surface area contributed by atoms with E-state index >= 15 is 0 Å². The molecule has 1 aliphatic rings. The number of fused-ring (bicyclic) bond motifs is 1. The van der Waals surface area contributed by atoms with E-state index in [1.54, 1.807) is 11.5 Å². The van der Waals surface area contributed by atoms with E-state index in [0.717, 1.165) is 16.3 Å². The summed E-state index contributed by atoms with van der Waals surface area (Å²) < 4.78 is 1.55. The maximum atomic E-state index is 13.2. The summed E-state index contributed by atoms with van der Waals surface area (Å²) in [5.74, 6) is -0.598. The van der Waals surface area contributed by atoms with Gasteiger partial charge in [-0.1, -0.05) is 42.5 Å². The predicted octanol–water partition coefficient (Wildman–Crippen LogP) is 1.36. The molecular weight excluding hydrogens is 502 g/mol. The highest BCUT2D eigenvalue weighted by Gasteiger charge is 2.40. The van der Waals surface area contributed by atoms with Crippen LogP contribution in [0.1, 0.15) is 30.7 Å². The lowest BCUT2D eigenvalue weighted by Crippen LogP contribution is -2.63. The molecule has 0 radical (unpaired) electrons. The Bertz CT molecular complexity index is 1360. The average molecular weight is 536 g/mol. The molecule has 3 aromatic rings. The summed E-state index contributed by atoms with van der Waals surface area (Å²) in [7, 11) is 0. The Morgan fingerprint density at radius 1 is 1.05 bits per heavy atom. The van der Waals surface area contributed by atoms with Crippen LogP contribution >= 0.6 is 0 Å². The highest BCUT2D eigenvalue weighted by atomic mass is 16.6. The minimum atomic E-state index is -1.06. The molecule has 12 nitrogen and oxygen atoms in total. The van der Waals surface area contributed by atoms with Crippen LogP contribution in [-0.4, -0.2) is 63.9 Å². The van der Waals surface area contributed by atoms with E-state index in [0.29, 0.717) is 31.8 Å². The van der Waals surface area contributed by atoms with Gasteiger partial charge in [0.1, 0.15) is 11.7 Å². The zero-order valence-electron chi connectivity index (χ0n) is 21.9. The number of aromatic nitrogens is 2. The third-order valence-electron chi connectivity index (χ3n) is 6.96. The fourth-order valence-corrected chi connectivity index (χ4v) is 4.85. The molecule has 1 fully saturated rings. The van der Waals surface area contributed by atoms with Crippen LogP contribution in [0, 0.1) is 17.0 Å². The fraction of sp³-hybridized carbons (Fsp3) is 0.407. The van der Waals surface area contributed by atoms with Gasteiger partial charge in [0.15, 0.2) is 0 Å². The smallest absolute Gasteiger partial charge is 0.358 e. The number of imidazole rings is 1. The molecule has 0 bridgehead atoms. The van der Waals surface area contributed by atoms with Gasteiger partial charge < -0.3 is 35.9 Å². The first-order valence-electron chi connectivity index (χ1n) is 13.0. The zero-order valence-corrected chi connectivity index (χ0v) is 21.9. The molecule has 12 heteroatoms. The second-order valence-electron chi connectivity index (χ2n) is 9.65. The molecule has 3 amide bonds. The molecule has 0 unspecified atom stereocenters. The first kappa shape index (κ1) is 27.7. The van der Waals surface area contributed by atoms with E-state index in [-0.39, 0.29) is 56.0 Å². The number of carbonyl (C=O) groups is 3. The van der Waals surface area contributed by atoms with Gasteiger partial charge in [0.05, 0.1) is 6.42 Å². The van der Waals surface area contributed by atoms with Crippen molar-refractivity contribution in [3.05, 3.63) is 70.2 Å². The van der Waals surface area contributed by atoms with Gasteiger partial charge in [-0.25, -0.2) is 0 Å². The number of aryl methyl sites for hydroxylation is 2. The van der Waals surface area contributed by atoms with Crippen LogP contribution in [0.4, 0.5) is 5.82 Å². The summed E-state index contributed by atoms with van der Waals surface area (Å²) in [4.78, 5) is 52.7. The van der Waals surface area contributed by atoms with Crippen molar-refractivity contribution in [1.82, 2.24) is 30.8 Å². The molecule has 1 saturated heterocycles. The number of amides is 3. The highest BCUT2D eigenvalue weighted by Crippen LogP contribution is 2.20. The summed E-state index contributed by atoms with van der Waals surface area (Å²) in [6, 6.07) is 13.8. The molecule has 39 heavy (non-hydrogen) atoms. The van der Waals surface area contributed by atoms with Crippen molar-refractivity contribution in [3.63, 3.8) is 0 Å². The van der Waals surface area contributed by atoms with E-state index in [1.165, 1.54) is 6.20 Å². The Hall–Kier alpha value is -4.32. The van der Waals surface area contributed by atoms with E-state index < -0.39 is 10.5 Å². The van der Waals surface area contributed by atoms with Gasteiger partial charge in [0.2, 0.25) is 23.5 Å². The first-order chi connectivity index (χ1) is 18.8. The van der Waals surface area contributed by atoms with Crippen molar-refractivity contribution < 1.29 is 19.3 Å². The van der Waals surface area contributed by atoms with E-state index in [2.05, 4.69) is 26.3 Å². The predicted molar refractivity (Wildman–Crippen MR) is 145 cm³/mol. The van der Waals surface area contributed by atoms with Gasteiger partial charge in [-0.15, -0.1) is 0 Å². The molecule has 0 spiro atoms. The van der Waals surface area contributed by atoms with Gasteiger partial charge in [-0.05, 0) is 52.2 Å². The highest BCUT2D eigenvalue weighted by molar-refractivity contribution is 5.92. The number of piperidine rings is 1. The first-order valence-corrected chi connectivity index (χ1v) is 13.0. The number of nitrogens with one attached hydrogen (secondary N) is 4. The number of hydrogen-bond donors (Lipinski definition) is 4. The lowest BCUT2D eigenvalue weighted by molar-refractivity contribution is -0.389. The van der Waals surface area contributed by atoms with Crippen LogP contribution in [0.3, 0.4) is 0 Å². The average Bonchev–Trinajstić information content (AvgIpc) is 3.31. The van der Waals surface area contributed by atoms with Crippen LogP contribution in [0.5, 0.6) is 0 Å². The third-order valence-corrected chi connectivity index (χ3v) is 6.96. The summed E-state index contributed by atoms with van der Waals surface area (Å²) in [6.07, 6.45) is 2.42. The van der Waals surface area contributed by atoms with Crippen LogP contribution in [0.15, 0.2) is 48.7 Å². The second kappa shape index (κ2) is 12.5. The lowest BCUT2D eigenvalue weighted by atomic mass is 9.87. The topological polar surface area (TPSA) is 160 Å². The van der Waals surface area contributed by atoms with Crippen molar-refractivity contribution in [3.8, 4) is 0 Å². The second-order valence-corrected chi connectivity index (χ2v) is 9.65. The van der Waals surface area contributed by atoms with Crippen molar-refractivity contribution >= 4 is 34.3 Å². The molecule has 2 aromatic carbocycles. The van der Waals surface area contributed by atoms with Gasteiger partial charge in [-0.2, -0.15) is 0 Å². The molecule has 0 aliphatic carbocycles. The van der Waals surface area contributed by atoms with Gasteiger partial charge >= 0.3 is 5.82 Å². The van der Waals surface area contributed by atoms with Gasteiger partial charge in [0, 0.05) is 33.0 Å². The van der Waals surface area contributed by atoms with Crippen molar-refractivity contribution in [1.29, 1.82) is 0 Å². The number of carbonyl (C=O) groups excluding carboxylic acids is 3. The Morgan fingerprint density at radius 3 is 2.51 bits per heavy atom. The summed E-state index contributed by atoms with van der Waals surface area (Å²) in [6.45, 7) is 3.47. The Labute approximate surface area is 225 Å². The molecule has 2 heterocycles. The number of rotatable bonds is 11. The van der Waals surface area contributed by atoms with Crippen molar-refractivity contribution in [2.75, 3.05) is 26.2 Å². The molecule has 206 valence electrons.